The molecule has 0 aliphatic carbocycles. The summed E-state index contributed by atoms with van der Waals surface area (Å²) in [6.45, 7) is 2.24. The van der Waals surface area contributed by atoms with E-state index in [4.69, 9.17) is 18.9 Å². The largest absolute Gasteiger partial charge is 0.459 e. The van der Waals surface area contributed by atoms with Crippen LogP contribution in [0.15, 0.2) is 91.0 Å². The van der Waals surface area contributed by atoms with E-state index < -0.39 is 47.9 Å². The Balaban J connectivity index is 1.64. The minimum atomic E-state index is -1.46. The number of aliphatic hydroxyl groups excluding tert-OH is 1. The van der Waals surface area contributed by atoms with Crippen LogP contribution in [0.3, 0.4) is 0 Å². The van der Waals surface area contributed by atoms with Gasteiger partial charge < -0.3 is 24.1 Å². The van der Waals surface area contributed by atoms with Gasteiger partial charge in [0.05, 0.1) is 23.3 Å². The first-order valence-electron chi connectivity index (χ1n) is 11.8. The van der Waals surface area contributed by atoms with E-state index >= 15 is 0 Å². The summed E-state index contributed by atoms with van der Waals surface area (Å²) in [6.07, 6.45) is -2.42. The highest BCUT2D eigenvalue weighted by Gasteiger charge is 2.63. The second kappa shape index (κ2) is 10.9. The van der Waals surface area contributed by atoms with E-state index in [1.165, 1.54) is 0 Å². The highest BCUT2D eigenvalue weighted by Crippen LogP contribution is 2.42. The van der Waals surface area contributed by atoms with Gasteiger partial charge in [0.15, 0.2) is 12.2 Å². The molecule has 8 nitrogen and oxygen atoms in total. The van der Waals surface area contributed by atoms with Crippen LogP contribution in [0.2, 0.25) is 0 Å². The summed E-state index contributed by atoms with van der Waals surface area (Å²) in [5.41, 5.74) is -2.02. The highest BCUT2D eigenvalue weighted by atomic mass is 16.7. The van der Waals surface area contributed by atoms with Gasteiger partial charge in [-0.1, -0.05) is 54.6 Å². The van der Waals surface area contributed by atoms with Crippen molar-refractivity contribution >= 4 is 17.9 Å². The molecule has 3 aromatic rings. The number of hydrogen-bond acceptors (Lipinski definition) is 8. The summed E-state index contributed by atoms with van der Waals surface area (Å²) in [7, 11) is 0. The highest BCUT2D eigenvalue weighted by molar-refractivity contribution is 5.91. The number of carbonyl (C=O) groups excluding carboxylic acids is 3. The Morgan fingerprint density at radius 3 is 1.46 bits per heavy atom. The molecular weight excluding hydrogens is 476 g/mol. The van der Waals surface area contributed by atoms with E-state index in [1.54, 1.807) is 105 Å². The monoisotopic (exact) mass is 504 g/mol. The van der Waals surface area contributed by atoms with E-state index in [9.17, 15) is 19.5 Å². The van der Waals surface area contributed by atoms with E-state index in [2.05, 4.69) is 0 Å². The molecule has 1 aliphatic heterocycles. The van der Waals surface area contributed by atoms with Crippen molar-refractivity contribution in [3.63, 3.8) is 0 Å². The molecule has 4 rings (SSSR count). The number of carbonyl (C=O) groups is 3. The van der Waals surface area contributed by atoms with Crippen LogP contribution in [0.25, 0.3) is 0 Å². The van der Waals surface area contributed by atoms with Crippen molar-refractivity contribution in [2.24, 2.45) is 0 Å². The van der Waals surface area contributed by atoms with E-state index in [0.29, 0.717) is 5.56 Å². The van der Waals surface area contributed by atoms with Crippen LogP contribution in [-0.4, -0.2) is 59.6 Å². The molecule has 0 radical (unpaired) electrons. The third-order valence-corrected chi connectivity index (χ3v) is 6.25. The van der Waals surface area contributed by atoms with E-state index in [1.807, 2.05) is 0 Å². The molecule has 4 atom stereocenters. The van der Waals surface area contributed by atoms with Crippen LogP contribution >= 0.6 is 0 Å². The van der Waals surface area contributed by atoms with Crippen molar-refractivity contribution in [2.45, 2.75) is 37.3 Å². The average molecular weight is 505 g/mol. The molecule has 0 aromatic heterocycles. The van der Waals surface area contributed by atoms with Gasteiger partial charge in [-0.05, 0) is 50.2 Å². The predicted octanol–water partition coefficient (Wildman–Crippen LogP) is 3.83. The maximum absolute atomic E-state index is 13.1. The third-order valence-electron chi connectivity index (χ3n) is 6.25. The molecule has 0 amide bonds. The molecule has 1 saturated heterocycles. The third kappa shape index (κ3) is 5.71. The summed E-state index contributed by atoms with van der Waals surface area (Å²) in [4.78, 5) is 38.7. The fourth-order valence-electron chi connectivity index (χ4n) is 4.28. The number of hydrogen-bond donors (Lipinski definition) is 1. The van der Waals surface area contributed by atoms with Crippen molar-refractivity contribution in [3.05, 3.63) is 108 Å². The molecule has 1 fully saturated rings. The van der Waals surface area contributed by atoms with Gasteiger partial charge in [-0.3, -0.25) is 0 Å². The lowest BCUT2D eigenvalue weighted by atomic mass is 9.91. The zero-order chi connectivity index (χ0) is 26.5. The Labute approximate surface area is 214 Å². The Morgan fingerprint density at radius 2 is 1.05 bits per heavy atom. The van der Waals surface area contributed by atoms with Gasteiger partial charge in [0.25, 0.3) is 0 Å². The zero-order valence-corrected chi connectivity index (χ0v) is 20.5. The Bertz CT molecular complexity index is 1230. The fraction of sp³-hybridized carbons (Fsp3) is 0.276. The van der Waals surface area contributed by atoms with Gasteiger partial charge in [-0.25, -0.2) is 14.4 Å². The Hall–Kier alpha value is -4.01. The molecule has 192 valence electrons. The lowest BCUT2D eigenvalue weighted by Gasteiger charge is -2.30. The summed E-state index contributed by atoms with van der Waals surface area (Å²) in [5, 5.41) is 10.3. The number of ether oxygens (including phenoxy) is 4. The first-order valence-corrected chi connectivity index (χ1v) is 11.8. The molecule has 0 bridgehead atoms. The first-order chi connectivity index (χ1) is 17.8. The van der Waals surface area contributed by atoms with Gasteiger partial charge in [0, 0.05) is 0 Å². The predicted molar refractivity (Wildman–Crippen MR) is 133 cm³/mol. The van der Waals surface area contributed by atoms with Gasteiger partial charge in [0.1, 0.15) is 17.8 Å². The standard InChI is InChI=1S/C29H28O8/c1-28(18-30)23(35-26(32)21-14-8-4-9-15-21)24(36-27(33)22-16-10-5-11-17-22)29(2,37-28)19-34-25(31)20-12-6-3-7-13-20/h3-17,23-24,30H,18-19H2,1-2H3/t23-,24+,28+,29-/m1/s1. The molecule has 8 heteroatoms. The van der Waals surface area contributed by atoms with Crippen LogP contribution < -0.4 is 0 Å². The van der Waals surface area contributed by atoms with Crippen molar-refractivity contribution < 1.29 is 38.4 Å². The van der Waals surface area contributed by atoms with E-state index in [-0.39, 0.29) is 17.7 Å². The van der Waals surface area contributed by atoms with Gasteiger partial charge in [-0.2, -0.15) is 0 Å². The lowest BCUT2D eigenvalue weighted by Crippen LogP contribution is -2.50. The summed E-state index contributed by atoms with van der Waals surface area (Å²) < 4.78 is 23.4. The molecule has 0 spiro atoms. The van der Waals surface area contributed by atoms with Crippen LogP contribution in [0.1, 0.15) is 44.9 Å². The van der Waals surface area contributed by atoms with Crippen LogP contribution in [0, 0.1) is 0 Å². The summed E-state index contributed by atoms with van der Waals surface area (Å²) in [5.74, 6) is -1.97. The average Bonchev–Trinajstić information content (AvgIpc) is 3.14. The van der Waals surface area contributed by atoms with Crippen LogP contribution in [0.4, 0.5) is 0 Å². The quantitative estimate of drug-likeness (QED) is 0.364. The minimum Gasteiger partial charge on any atom is -0.459 e. The van der Waals surface area contributed by atoms with Crippen molar-refractivity contribution in [1.29, 1.82) is 0 Å². The Kier molecular flexibility index (Phi) is 7.71. The topological polar surface area (TPSA) is 108 Å². The number of aliphatic hydroxyl groups is 1. The molecule has 0 saturated carbocycles. The molecule has 1 aliphatic rings. The summed E-state index contributed by atoms with van der Waals surface area (Å²) >= 11 is 0. The second-order valence-corrected chi connectivity index (χ2v) is 9.21. The molecule has 1 N–H and O–H groups in total. The molecule has 1 heterocycles. The summed E-state index contributed by atoms with van der Waals surface area (Å²) in [6, 6.07) is 25.0. The number of esters is 3. The first kappa shape index (κ1) is 26.1. The Morgan fingerprint density at radius 1 is 0.676 bits per heavy atom. The molecule has 0 unspecified atom stereocenters. The SMILES string of the molecule is C[C@]1(COC(=O)c2ccccc2)O[C@@](C)(CO)[C@H](OC(=O)c2ccccc2)[C@@H]1OC(=O)c1ccccc1. The number of benzene rings is 3. The second-order valence-electron chi connectivity index (χ2n) is 9.21. The van der Waals surface area contributed by atoms with Gasteiger partial charge >= 0.3 is 17.9 Å². The van der Waals surface area contributed by atoms with E-state index in [0.717, 1.165) is 0 Å². The maximum Gasteiger partial charge on any atom is 0.338 e. The molecular formula is C29H28O8. The maximum atomic E-state index is 13.1. The van der Waals surface area contributed by atoms with Crippen molar-refractivity contribution in [1.82, 2.24) is 0 Å². The van der Waals surface area contributed by atoms with Crippen LogP contribution in [0.5, 0.6) is 0 Å². The number of rotatable bonds is 8. The lowest BCUT2D eigenvalue weighted by molar-refractivity contribution is -0.151. The normalized spacial score (nSPS) is 24.7. The van der Waals surface area contributed by atoms with Crippen molar-refractivity contribution in [3.8, 4) is 0 Å². The van der Waals surface area contributed by atoms with Crippen LogP contribution in [-0.2, 0) is 18.9 Å². The zero-order valence-electron chi connectivity index (χ0n) is 20.5. The smallest absolute Gasteiger partial charge is 0.338 e. The minimum absolute atomic E-state index is 0.275. The van der Waals surface area contributed by atoms with Gasteiger partial charge in [0.2, 0.25) is 0 Å². The molecule has 3 aromatic carbocycles. The fourth-order valence-corrected chi connectivity index (χ4v) is 4.28. The van der Waals surface area contributed by atoms with Crippen molar-refractivity contribution in [2.75, 3.05) is 13.2 Å². The van der Waals surface area contributed by atoms with Gasteiger partial charge in [-0.15, -0.1) is 0 Å². The molecule has 37 heavy (non-hydrogen) atoms.